The minimum Gasteiger partial charge on any atom is -0.394 e. The van der Waals surface area contributed by atoms with E-state index in [0.717, 1.165) is 30.6 Å². The summed E-state index contributed by atoms with van der Waals surface area (Å²) >= 11 is 6.60. The van der Waals surface area contributed by atoms with E-state index in [-0.39, 0.29) is 22.0 Å². The molecule has 5 nitrogen and oxygen atoms in total. The quantitative estimate of drug-likeness (QED) is 0.830. The van der Waals surface area contributed by atoms with Crippen LogP contribution in [0.5, 0.6) is 0 Å². The molecule has 0 atom stereocenters. The standard InChI is InChI=1S/C8H10ClN3O2S/c9-7-12-11-6(15-7)5(14)10-8(4-13)2-1-3-8/h13H,1-4H2,(H,10,14). The van der Waals surface area contributed by atoms with Crippen LogP contribution in [0.1, 0.15) is 29.1 Å². The number of aromatic nitrogens is 2. The van der Waals surface area contributed by atoms with Crippen molar-refractivity contribution in [2.75, 3.05) is 6.61 Å². The van der Waals surface area contributed by atoms with Gasteiger partial charge in [-0.25, -0.2) is 0 Å². The van der Waals surface area contributed by atoms with Gasteiger partial charge in [-0.05, 0) is 30.9 Å². The highest BCUT2D eigenvalue weighted by atomic mass is 35.5. The van der Waals surface area contributed by atoms with Crippen LogP contribution in [0, 0.1) is 0 Å². The number of aliphatic hydroxyl groups excluding tert-OH is 1. The van der Waals surface area contributed by atoms with Crippen LogP contribution in [0.3, 0.4) is 0 Å². The van der Waals surface area contributed by atoms with E-state index in [2.05, 4.69) is 15.5 Å². The van der Waals surface area contributed by atoms with Crippen LogP contribution in [-0.2, 0) is 0 Å². The molecule has 0 spiro atoms. The minimum atomic E-state index is -0.449. The van der Waals surface area contributed by atoms with Gasteiger partial charge in [0.05, 0.1) is 12.1 Å². The number of nitrogens with zero attached hydrogens (tertiary/aromatic N) is 2. The summed E-state index contributed by atoms with van der Waals surface area (Å²) in [6.45, 7) is -0.0364. The van der Waals surface area contributed by atoms with Crippen molar-refractivity contribution in [1.82, 2.24) is 15.5 Å². The molecule has 1 aromatic rings. The largest absolute Gasteiger partial charge is 0.394 e. The van der Waals surface area contributed by atoms with Gasteiger partial charge < -0.3 is 10.4 Å². The first-order chi connectivity index (χ1) is 7.15. The van der Waals surface area contributed by atoms with Crippen LogP contribution in [0.15, 0.2) is 0 Å². The van der Waals surface area contributed by atoms with E-state index < -0.39 is 5.54 Å². The molecule has 1 amide bonds. The summed E-state index contributed by atoms with van der Waals surface area (Å²) in [5, 5.41) is 19.4. The lowest BCUT2D eigenvalue weighted by atomic mass is 9.77. The molecule has 15 heavy (non-hydrogen) atoms. The number of aliphatic hydroxyl groups is 1. The Kier molecular flexibility index (Phi) is 2.90. The molecule has 1 aliphatic carbocycles. The highest BCUT2D eigenvalue weighted by Gasteiger charge is 2.38. The number of hydrogen-bond acceptors (Lipinski definition) is 5. The Bertz CT molecular complexity index is 372. The van der Waals surface area contributed by atoms with Crippen LogP contribution in [0.2, 0.25) is 4.47 Å². The van der Waals surface area contributed by atoms with Crippen molar-refractivity contribution in [2.45, 2.75) is 24.8 Å². The van der Waals surface area contributed by atoms with Gasteiger partial charge in [0.15, 0.2) is 0 Å². The highest BCUT2D eigenvalue weighted by molar-refractivity contribution is 7.17. The van der Waals surface area contributed by atoms with Gasteiger partial charge in [0.2, 0.25) is 9.47 Å². The first kappa shape index (κ1) is 10.8. The lowest BCUT2D eigenvalue weighted by Crippen LogP contribution is -2.56. The molecule has 0 radical (unpaired) electrons. The topological polar surface area (TPSA) is 75.1 Å². The number of nitrogens with one attached hydrogen (secondary N) is 1. The summed E-state index contributed by atoms with van der Waals surface area (Å²) in [6, 6.07) is 0. The van der Waals surface area contributed by atoms with E-state index in [1.165, 1.54) is 0 Å². The molecule has 82 valence electrons. The molecule has 0 aromatic carbocycles. The second-order valence-electron chi connectivity index (χ2n) is 3.61. The predicted octanol–water partition coefficient (Wildman–Crippen LogP) is 0.836. The van der Waals surface area contributed by atoms with Crippen LogP contribution < -0.4 is 5.32 Å². The summed E-state index contributed by atoms with van der Waals surface area (Å²) in [4.78, 5) is 11.7. The Morgan fingerprint density at radius 2 is 2.33 bits per heavy atom. The van der Waals surface area contributed by atoms with Gasteiger partial charge in [-0.1, -0.05) is 11.3 Å². The van der Waals surface area contributed by atoms with E-state index in [1.807, 2.05) is 0 Å². The smallest absolute Gasteiger partial charge is 0.282 e. The van der Waals surface area contributed by atoms with Gasteiger partial charge in [-0.2, -0.15) is 0 Å². The zero-order valence-electron chi connectivity index (χ0n) is 7.86. The molecule has 0 saturated heterocycles. The molecule has 0 bridgehead atoms. The molecule has 7 heteroatoms. The lowest BCUT2D eigenvalue weighted by Gasteiger charge is -2.40. The lowest BCUT2D eigenvalue weighted by molar-refractivity contribution is 0.0641. The maximum Gasteiger partial charge on any atom is 0.282 e. The summed E-state index contributed by atoms with van der Waals surface area (Å²) < 4.78 is 0.242. The van der Waals surface area contributed by atoms with Gasteiger partial charge in [-0.3, -0.25) is 4.79 Å². The first-order valence-electron chi connectivity index (χ1n) is 4.58. The zero-order valence-corrected chi connectivity index (χ0v) is 9.44. The normalized spacial score (nSPS) is 18.3. The van der Waals surface area contributed by atoms with E-state index >= 15 is 0 Å². The fourth-order valence-electron chi connectivity index (χ4n) is 1.52. The third-order valence-electron chi connectivity index (χ3n) is 2.59. The molecular weight excluding hydrogens is 238 g/mol. The Labute approximate surface area is 95.5 Å². The molecule has 0 aliphatic heterocycles. The van der Waals surface area contributed by atoms with E-state index in [9.17, 15) is 4.79 Å². The summed E-state index contributed by atoms with van der Waals surface area (Å²) in [5.41, 5.74) is -0.449. The summed E-state index contributed by atoms with van der Waals surface area (Å²) in [6.07, 6.45) is 2.64. The van der Waals surface area contributed by atoms with Crippen LogP contribution in [0.25, 0.3) is 0 Å². The predicted molar refractivity (Wildman–Crippen MR) is 56.1 cm³/mol. The van der Waals surface area contributed by atoms with Crippen molar-refractivity contribution in [1.29, 1.82) is 0 Å². The number of rotatable bonds is 3. The zero-order chi connectivity index (χ0) is 10.9. The Morgan fingerprint density at radius 3 is 2.73 bits per heavy atom. The van der Waals surface area contributed by atoms with Gasteiger partial charge >= 0.3 is 0 Å². The third-order valence-corrected chi connectivity index (χ3v) is 3.60. The highest BCUT2D eigenvalue weighted by Crippen LogP contribution is 2.31. The Balaban J connectivity index is 2.03. The second-order valence-corrected chi connectivity index (χ2v) is 5.17. The Morgan fingerprint density at radius 1 is 1.60 bits per heavy atom. The van der Waals surface area contributed by atoms with Crippen LogP contribution >= 0.6 is 22.9 Å². The van der Waals surface area contributed by atoms with Crippen molar-refractivity contribution in [3.05, 3.63) is 9.47 Å². The molecule has 0 unspecified atom stereocenters. The number of halogens is 1. The molecule has 1 aliphatic rings. The van der Waals surface area contributed by atoms with Crippen LogP contribution in [-0.4, -0.2) is 33.4 Å². The maximum atomic E-state index is 11.7. The average Bonchev–Trinajstić information content (AvgIpc) is 2.58. The van der Waals surface area contributed by atoms with Crippen molar-refractivity contribution in [2.24, 2.45) is 0 Å². The minimum absolute atomic E-state index is 0.0364. The Hall–Kier alpha value is -0.720. The first-order valence-corrected chi connectivity index (χ1v) is 5.77. The third kappa shape index (κ3) is 2.11. The maximum absolute atomic E-state index is 11.7. The van der Waals surface area contributed by atoms with Crippen molar-refractivity contribution in [3.8, 4) is 0 Å². The summed E-state index contributed by atoms with van der Waals surface area (Å²) in [7, 11) is 0. The average molecular weight is 248 g/mol. The van der Waals surface area contributed by atoms with E-state index in [4.69, 9.17) is 16.7 Å². The number of carbonyl (C=O) groups is 1. The molecular formula is C8H10ClN3O2S. The van der Waals surface area contributed by atoms with Gasteiger partial charge in [-0.15, -0.1) is 10.2 Å². The molecule has 1 aromatic heterocycles. The molecule has 1 fully saturated rings. The number of carbonyl (C=O) groups excluding carboxylic acids is 1. The van der Waals surface area contributed by atoms with Gasteiger partial charge in [0.25, 0.3) is 5.91 Å². The van der Waals surface area contributed by atoms with Crippen molar-refractivity contribution >= 4 is 28.8 Å². The number of hydrogen-bond donors (Lipinski definition) is 2. The number of amides is 1. The van der Waals surface area contributed by atoms with Crippen LogP contribution in [0.4, 0.5) is 0 Å². The van der Waals surface area contributed by atoms with Gasteiger partial charge in [0.1, 0.15) is 0 Å². The fourth-order valence-corrected chi connectivity index (χ4v) is 2.24. The monoisotopic (exact) mass is 247 g/mol. The SMILES string of the molecule is O=C(NC1(CO)CCC1)c1nnc(Cl)s1. The van der Waals surface area contributed by atoms with E-state index in [0.29, 0.717) is 0 Å². The molecule has 2 rings (SSSR count). The summed E-state index contributed by atoms with van der Waals surface area (Å²) in [5.74, 6) is -0.312. The second kappa shape index (κ2) is 4.03. The fraction of sp³-hybridized carbons (Fsp3) is 0.625. The van der Waals surface area contributed by atoms with E-state index in [1.54, 1.807) is 0 Å². The molecule has 1 heterocycles. The molecule has 1 saturated carbocycles. The van der Waals surface area contributed by atoms with Crippen molar-refractivity contribution < 1.29 is 9.90 Å². The van der Waals surface area contributed by atoms with Gasteiger partial charge in [0, 0.05) is 0 Å². The molecule has 2 N–H and O–H groups in total. The van der Waals surface area contributed by atoms with Crippen molar-refractivity contribution in [3.63, 3.8) is 0 Å².